The van der Waals surface area contributed by atoms with Crippen LogP contribution in [0.4, 0.5) is 5.69 Å². The van der Waals surface area contributed by atoms with Crippen molar-refractivity contribution in [2.45, 2.75) is 11.6 Å². The highest BCUT2D eigenvalue weighted by Gasteiger charge is 2.14. The molecule has 9 nitrogen and oxygen atoms in total. The molecule has 1 heterocycles. The lowest BCUT2D eigenvalue weighted by Crippen LogP contribution is -2.26. The fraction of sp³-hybridized carbons (Fsp3) is 0.273. The number of nitrogens with one attached hydrogen (secondary N) is 2. The zero-order chi connectivity index (χ0) is 23.8. The van der Waals surface area contributed by atoms with Crippen LogP contribution in [-0.4, -0.2) is 53.1 Å². The number of anilines is 1. The first-order valence-corrected chi connectivity index (χ1v) is 11.3. The second-order valence-electron chi connectivity index (χ2n) is 6.87. The van der Waals surface area contributed by atoms with Crippen LogP contribution in [0.25, 0.3) is 0 Å². The Labute approximate surface area is 200 Å². The lowest BCUT2D eigenvalue weighted by atomic mass is 10.2. The van der Waals surface area contributed by atoms with Crippen LogP contribution in [0.15, 0.2) is 47.6 Å². The second kappa shape index (κ2) is 11.6. The molecule has 0 bridgehead atoms. The van der Waals surface area contributed by atoms with Crippen molar-refractivity contribution in [1.82, 2.24) is 20.1 Å². The number of halogens is 1. The van der Waals surface area contributed by atoms with E-state index in [9.17, 15) is 9.59 Å². The fourth-order valence-electron chi connectivity index (χ4n) is 2.92. The number of hydrogen-bond donors (Lipinski definition) is 2. The van der Waals surface area contributed by atoms with Crippen LogP contribution in [-0.2, 0) is 18.3 Å². The molecule has 33 heavy (non-hydrogen) atoms. The summed E-state index contributed by atoms with van der Waals surface area (Å²) in [7, 11) is 4.92. The van der Waals surface area contributed by atoms with Crippen molar-refractivity contribution >= 4 is 40.9 Å². The monoisotopic (exact) mass is 489 g/mol. The van der Waals surface area contributed by atoms with E-state index in [2.05, 4.69) is 20.8 Å². The summed E-state index contributed by atoms with van der Waals surface area (Å²) >= 11 is 7.25. The van der Waals surface area contributed by atoms with Gasteiger partial charge >= 0.3 is 0 Å². The van der Waals surface area contributed by atoms with Crippen LogP contribution < -0.4 is 20.1 Å². The van der Waals surface area contributed by atoms with Crippen molar-refractivity contribution in [2.24, 2.45) is 7.05 Å². The third-order valence-corrected chi connectivity index (χ3v) is 5.93. The molecule has 174 valence electrons. The molecule has 0 aliphatic heterocycles. The van der Waals surface area contributed by atoms with Gasteiger partial charge in [-0.1, -0.05) is 23.4 Å². The molecule has 0 aliphatic carbocycles. The number of hydrogen-bond acceptors (Lipinski definition) is 7. The molecule has 0 unspecified atom stereocenters. The second-order valence-corrected chi connectivity index (χ2v) is 8.25. The molecule has 2 N–H and O–H groups in total. The van der Waals surface area contributed by atoms with Crippen molar-refractivity contribution in [1.29, 1.82) is 0 Å². The van der Waals surface area contributed by atoms with E-state index >= 15 is 0 Å². The van der Waals surface area contributed by atoms with Crippen molar-refractivity contribution in [3.63, 3.8) is 0 Å². The summed E-state index contributed by atoms with van der Waals surface area (Å²) in [4.78, 5) is 24.6. The van der Waals surface area contributed by atoms with Gasteiger partial charge in [-0.05, 0) is 42.5 Å². The van der Waals surface area contributed by atoms with Gasteiger partial charge in [0.15, 0.2) is 5.16 Å². The Bertz CT molecular complexity index is 1120. The number of carbonyl (C=O) groups excluding carboxylic acids is 2. The normalized spacial score (nSPS) is 10.5. The van der Waals surface area contributed by atoms with Gasteiger partial charge in [0.2, 0.25) is 5.91 Å². The van der Waals surface area contributed by atoms with E-state index in [4.69, 9.17) is 21.1 Å². The number of rotatable bonds is 10. The number of aromatic nitrogens is 3. The third-order valence-electron chi connectivity index (χ3n) is 4.68. The summed E-state index contributed by atoms with van der Waals surface area (Å²) in [5, 5.41) is 15.0. The van der Waals surface area contributed by atoms with E-state index in [1.807, 2.05) is 7.05 Å². The quantitative estimate of drug-likeness (QED) is 0.421. The maximum Gasteiger partial charge on any atom is 0.251 e. The molecule has 11 heteroatoms. The number of benzene rings is 2. The first-order chi connectivity index (χ1) is 15.9. The highest BCUT2D eigenvalue weighted by Crippen LogP contribution is 2.28. The number of methoxy groups -OCH3 is 2. The van der Waals surface area contributed by atoms with Crippen LogP contribution in [0.5, 0.6) is 11.5 Å². The van der Waals surface area contributed by atoms with E-state index in [0.29, 0.717) is 51.7 Å². The van der Waals surface area contributed by atoms with Crippen molar-refractivity contribution in [2.75, 3.05) is 31.8 Å². The maximum absolute atomic E-state index is 12.4. The van der Waals surface area contributed by atoms with Gasteiger partial charge < -0.3 is 24.7 Å². The van der Waals surface area contributed by atoms with Gasteiger partial charge in [0.05, 0.1) is 25.7 Å². The number of nitrogens with zero attached hydrogens (tertiary/aromatic N) is 3. The molecule has 0 aliphatic rings. The Kier molecular flexibility index (Phi) is 8.56. The summed E-state index contributed by atoms with van der Waals surface area (Å²) < 4.78 is 12.1. The van der Waals surface area contributed by atoms with Gasteiger partial charge in [0, 0.05) is 30.6 Å². The molecule has 0 saturated carbocycles. The molecular weight excluding hydrogens is 466 g/mol. The Morgan fingerprint density at radius 3 is 2.55 bits per heavy atom. The van der Waals surface area contributed by atoms with Crippen molar-refractivity contribution < 1.29 is 19.1 Å². The Morgan fingerprint density at radius 1 is 1.09 bits per heavy atom. The minimum Gasteiger partial charge on any atom is -0.497 e. The average molecular weight is 490 g/mol. The molecule has 0 spiro atoms. The molecule has 0 fully saturated rings. The maximum atomic E-state index is 12.4. The molecule has 0 atom stereocenters. The SMILES string of the molecule is COc1ccc(C(=O)NCCc2nnc(SCC(=O)Nc3cc(Cl)ccc3OC)n2C)cc1. The minimum absolute atomic E-state index is 0.135. The highest BCUT2D eigenvalue weighted by atomic mass is 35.5. The van der Waals surface area contributed by atoms with Gasteiger partial charge in [0.1, 0.15) is 17.3 Å². The van der Waals surface area contributed by atoms with Crippen LogP contribution in [0.1, 0.15) is 16.2 Å². The number of thioether (sulfide) groups is 1. The van der Waals surface area contributed by atoms with E-state index in [-0.39, 0.29) is 17.6 Å². The minimum atomic E-state index is -0.225. The lowest BCUT2D eigenvalue weighted by molar-refractivity contribution is -0.113. The topological polar surface area (TPSA) is 107 Å². The summed E-state index contributed by atoms with van der Waals surface area (Å²) in [6.45, 7) is 0.399. The van der Waals surface area contributed by atoms with Crippen LogP contribution in [0.3, 0.4) is 0 Å². The van der Waals surface area contributed by atoms with Gasteiger partial charge in [-0.2, -0.15) is 0 Å². The molecule has 0 saturated heterocycles. The van der Waals surface area contributed by atoms with Crippen LogP contribution >= 0.6 is 23.4 Å². The van der Waals surface area contributed by atoms with Crippen molar-refractivity contribution in [3.05, 3.63) is 58.9 Å². The third kappa shape index (κ3) is 6.62. The average Bonchev–Trinajstić information content (AvgIpc) is 3.17. The van der Waals surface area contributed by atoms with Crippen LogP contribution in [0.2, 0.25) is 5.02 Å². The largest absolute Gasteiger partial charge is 0.497 e. The number of amides is 2. The molecule has 1 aromatic heterocycles. The fourth-order valence-corrected chi connectivity index (χ4v) is 3.82. The molecule has 3 rings (SSSR count). The van der Waals surface area contributed by atoms with E-state index in [0.717, 1.165) is 0 Å². The number of ether oxygens (including phenoxy) is 2. The zero-order valence-corrected chi connectivity index (χ0v) is 20.0. The molecular formula is C22H24ClN5O4S. The molecule has 2 amide bonds. The predicted molar refractivity (Wildman–Crippen MR) is 127 cm³/mol. The first kappa shape index (κ1) is 24.4. The first-order valence-electron chi connectivity index (χ1n) is 9.98. The number of carbonyl (C=O) groups is 2. The summed E-state index contributed by atoms with van der Waals surface area (Å²) in [6.07, 6.45) is 0.498. The molecule has 0 radical (unpaired) electrons. The standard InChI is InChI=1S/C22H24ClN5O4S/c1-28-19(10-11-24-21(30)14-4-7-16(31-2)8-5-14)26-27-22(28)33-13-20(29)25-17-12-15(23)6-9-18(17)32-3/h4-9,12H,10-11,13H2,1-3H3,(H,24,30)(H,25,29). The summed E-state index contributed by atoms with van der Waals surface area (Å²) in [5.74, 6) is 1.64. The lowest BCUT2D eigenvalue weighted by Gasteiger charge is -2.10. The molecule has 2 aromatic carbocycles. The van der Waals surface area contributed by atoms with Gasteiger partial charge in [-0.15, -0.1) is 10.2 Å². The van der Waals surface area contributed by atoms with E-state index < -0.39 is 0 Å². The van der Waals surface area contributed by atoms with Crippen molar-refractivity contribution in [3.8, 4) is 11.5 Å². The Morgan fingerprint density at radius 2 is 1.85 bits per heavy atom. The van der Waals surface area contributed by atoms with E-state index in [1.54, 1.807) is 54.1 Å². The summed E-state index contributed by atoms with van der Waals surface area (Å²) in [5.41, 5.74) is 1.05. The highest BCUT2D eigenvalue weighted by molar-refractivity contribution is 7.99. The zero-order valence-electron chi connectivity index (χ0n) is 18.4. The van der Waals surface area contributed by atoms with Gasteiger partial charge in [-0.3, -0.25) is 9.59 Å². The summed E-state index contributed by atoms with van der Waals surface area (Å²) in [6, 6.07) is 11.9. The molecule has 3 aromatic rings. The predicted octanol–water partition coefficient (Wildman–Crippen LogP) is 3.19. The Hall–Kier alpha value is -3.24. The van der Waals surface area contributed by atoms with Gasteiger partial charge in [0.25, 0.3) is 5.91 Å². The van der Waals surface area contributed by atoms with Gasteiger partial charge in [-0.25, -0.2) is 0 Å². The van der Waals surface area contributed by atoms with E-state index in [1.165, 1.54) is 18.9 Å². The van der Waals surface area contributed by atoms with Crippen LogP contribution in [0, 0.1) is 0 Å². The Balaban J connectivity index is 1.48. The smallest absolute Gasteiger partial charge is 0.251 e.